The molecule has 1 N–H and O–H groups in total. The van der Waals surface area contributed by atoms with Gasteiger partial charge in [-0.15, -0.1) is 0 Å². The molecule has 1 aliphatic carbocycles. The summed E-state index contributed by atoms with van der Waals surface area (Å²) in [5.74, 6) is -2.47. The minimum absolute atomic E-state index is 0.0267. The van der Waals surface area contributed by atoms with Crippen molar-refractivity contribution in [2.24, 2.45) is 11.8 Å². The average Bonchev–Trinajstić information content (AvgIpc) is 3.28. The zero-order chi connectivity index (χ0) is 24.2. The largest absolute Gasteiger partial charge is 0.452 e. The molecule has 2 aromatic carbocycles. The summed E-state index contributed by atoms with van der Waals surface area (Å²) in [5.41, 5.74) is 1.78. The second-order valence-electron chi connectivity index (χ2n) is 8.71. The first kappa shape index (κ1) is 23.4. The number of para-hydroxylation sites is 3. The van der Waals surface area contributed by atoms with Crippen molar-refractivity contribution in [3.05, 3.63) is 64.2 Å². The molecule has 34 heavy (non-hydrogen) atoms. The van der Waals surface area contributed by atoms with Crippen molar-refractivity contribution in [2.75, 3.05) is 16.8 Å². The Kier molecular flexibility index (Phi) is 6.90. The lowest BCUT2D eigenvalue weighted by molar-refractivity contribution is -0.383. The maximum atomic E-state index is 13.4. The van der Waals surface area contributed by atoms with E-state index in [2.05, 4.69) is 5.32 Å². The highest BCUT2D eigenvalue weighted by Crippen LogP contribution is 2.36. The van der Waals surface area contributed by atoms with Crippen LogP contribution < -0.4 is 10.2 Å². The van der Waals surface area contributed by atoms with Gasteiger partial charge < -0.3 is 15.0 Å². The van der Waals surface area contributed by atoms with E-state index in [9.17, 15) is 24.5 Å². The first-order valence-electron chi connectivity index (χ1n) is 11.5. The van der Waals surface area contributed by atoms with Crippen LogP contribution >= 0.6 is 0 Å². The maximum absolute atomic E-state index is 13.4. The molecule has 178 valence electrons. The van der Waals surface area contributed by atoms with Gasteiger partial charge in [0.15, 0.2) is 6.10 Å². The van der Waals surface area contributed by atoms with Crippen LogP contribution in [0.25, 0.3) is 0 Å². The van der Waals surface area contributed by atoms with E-state index in [0.29, 0.717) is 19.4 Å². The lowest BCUT2D eigenvalue weighted by Gasteiger charge is -2.32. The molecule has 0 aromatic heterocycles. The highest BCUT2D eigenvalue weighted by Gasteiger charge is 2.41. The van der Waals surface area contributed by atoms with E-state index in [-0.39, 0.29) is 17.3 Å². The molecule has 2 aromatic rings. The SMILES string of the molecule is CC(OC(=O)C1CCCCC1C(=O)N1CCc2ccccc21)C(=O)Nc1ccccc1[N+](=O)[O-]. The van der Waals surface area contributed by atoms with E-state index in [1.807, 2.05) is 24.3 Å². The summed E-state index contributed by atoms with van der Waals surface area (Å²) in [4.78, 5) is 51.4. The van der Waals surface area contributed by atoms with Gasteiger partial charge in [0.25, 0.3) is 11.6 Å². The van der Waals surface area contributed by atoms with E-state index in [4.69, 9.17) is 4.74 Å². The number of hydrogen-bond donors (Lipinski definition) is 1. The molecule has 0 saturated heterocycles. The van der Waals surface area contributed by atoms with Gasteiger partial charge in [-0.3, -0.25) is 24.5 Å². The van der Waals surface area contributed by atoms with Crippen molar-refractivity contribution in [3.63, 3.8) is 0 Å². The molecular formula is C25H27N3O6. The number of fused-ring (bicyclic) bond motifs is 1. The zero-order valence-corrected chi connectivity index (χ0v) is 18.9. The molecular weight excluding hydrogens is 438 g/mol. The monoisotopic (exact) mass is 465 g/mol. The predicted molar refractivity (Wildman–Crippen MR) is 125 cm³/mol. The van der Waals surface area contributed by atoms with Crippen LogP contribution in [0.3, 0.4) is 0 Å². The Morgan fingerprint density at radius 2 is 1.74 bits per heavy atom. The quantitative estimate of drug-likeness (QED) is 0.393. The molecule has 2 amide bonds. The molecule has 9 heteroatoms. The van der Waals surface area contributed by atoms with Gasteiger partial charge >= 0.3 is 5.97 Å². The maximum Gasteiger partial charge on any atom is 0.310 e. The summed E-state index contributed by atoms with van der Waals surface area (Å²) in [7, 11) is 0. The molecule has 1 saturated carbocycles. The van der Waals surface area contributed by atoms with Crippen molar-refractivity contribution in [1.82, 2.24) is 0 Å². The zero-order valence-electron chi connectivity index (χ0n) is 18.9. The number of rotatable bonds is 6. The molecule has 4 rings (SSSR count). The first-order valence-corrected chi connectivity index (χ1v) is 11.5. The molecule has 3 unspecified atom stereocenters. The molecule has 0 radical (unpaired) electrons. The Morgan fingerprint density at radius 3 is 2.50 bits per heavy atom. The van der Waals surface area contributed by atoms with Gasteiger partial charge in [-0.2, -0.15) is 0 Å². The van der Waals surface area contributed by atoms with Crippen molar-refractivity contribution in [2.45, 2.75) is 45.1 Å². The standard InChI is InChI=1S/C25H27N3O6/c1-16(23(29)26-20-11-5-7-13-22(20)28(32)33)34-25(31)19-10-4-3-9-18(19)24(30)27-15-14-17-8-2-6-12-21(17)27/h2,5-8,11-13,16,18-19H,3-4,9-10,14-15H2,1H3,(H,26,29). The predicted octanol–water partition coefficient (Wildman–Crippen LogP) is 3.86. The molecule has 1 fully saturated rings. The van der Waals surface area contributed by atoms with E-state index in [0.717, 1.165) is 30.5 Å². The topological polar surface area (TPSA) is 119 Å². The number of benzene rings is 2. The lowest BCUT2D eigenvalue weighted by Crippen LogP contribution is -2.43. The highest BCUT2D eigenvalue weighted by atomic mass is 16.6. The van der Waals surface area contributed by atoms with Crippen LogP contribution in [0.4, 0.5) is 17.1 Å². The summed E-state index contributed by atoms with van der Waals surface area (Å²) in [6.45, 7) is 2.00. The van der Waals surface area contributed by atoms with Gasteiger partial charge in [-0.1, -0.05) is 43.2 Å². The summed E-state index contributed by atoms with van der Waals surface area (Å²) in [6, 6.07) is 13.5. The van der Waals surface area contributed by atoms with E-state index >= 15 is 0 Å². The van der Waals surface area contributed by atoms with Crippen LogP contribution in [0.2, 0.25) is 0 Å². The van der Waals surface area contributed by atoms with E-state index in [1.165, 1.54) is 25.1 Å². The molecule has 0 bridgehead atoms. The third-order valence-corrected chi connectivity index (χ3v) is 6.56. The minimum Gasteiger partial charge on any atom is -0.452 e. The average molecular weight is 466 g/mol. The van der Waals surface area contributed by atoms with Crippen LogP contribution in [0.15, 0.2) is 48.5 Å². The number of hydrogen-bond acceptors (Lipinski definition) is 6. The number of nitrogens with one attached hydrogen (secondary N) is 1. The van der Waals surface area contributed by atoms with Crippen molar-refractivity contribution < 1.29 is 24.0 Å². The fraction of sp³-hybridized carbons (Fsp3) is 0.400. The number of nitro groups is 1. The number of esters is 1. The number of carbonyl (C=O) groups is 3. The third kappa shape index (κ3) is 4.78. The molecule has 1 aliphatic heterocycles. The van der Waals surface area contributed by atoms with E-state index in [1.54, 1.807) is 11.0 Å². The van der Waals surface area contributed by atoms with Crippen LogP contribution in [-0.4, -0.2) is 35.4 Å². The minimum atomic E-state index is -1.17. The molecule has 0 spiro atoms. The number of anilines is 2. The van der Waals surface area contributed by atoms with E-state index < -0.39 is 34.7 Å². The normalized spacial score (nSPS) is 20.2. The van der Waals surface area contributed by atoms with Crippen LogP contribution in [0, 0.1) is 22.0 Å². The Labute approximate surface area is 197 Å². The van der Waals surface area contributed by atoms with Gasteiger partial charge in [-0.05, 0) is 43.9 Å². The second kappa shape index (κ2) is 10.0. The molecule has 9 nitrogen and oxygen atoms in total. The summed E-state index contributed by atoms with van der Waals surface area (Å²) >= 11 is 0. The number of nitro benzene ring substituents is 1. The first-order chi connectivity index (χ1) is 16.4. The summed E-state index contributed by atoms with van der Waals surface area (Å²) in [5, 5.41) is 13.6. The number of carbonyl (C=O) groups excluding carboxylic acids is 3. The second-order valence-corrected chi connectivity index (χ2v) is 8.71. The van der Waals surface area contributed by atoms with Gasteiger partial charge in [0.2, 0.25) is 5.91 Å². The van der Waals surface area contributed by atoms with Gasteiger partial charge in [-0.25, -0.2) is 0 Å². The Balaban J connectivity index is 1.42. The van der Waals surface area contributed by atoms with Crippen molar-refractivity contribution in [3.8, 4) is 0 Å². The van der Waals surface area contributed by atoms with Gasteiger partial charge in [0.1, 0.15) is 5.69 Å². The number of ether oxygens (including phenoxy) is 1. The summed E-state index contributed by atoms with van der Waals surface area (Å²) < 4.78 is 5.45. The summed E-state index contributed by atoms with van der Waals surface area (Å²) in [6.07, 6.45) is 2.38. The fourth-order valence-electron chi connectivity index (χ4n) is 4.76. The highest BCUT2D eigenvalue weighted by molar-refractivity contribution is 6.00. The van der Waals surface area contributed by atoms with Crippen LogP contribution in [0.5, 0.6) is 0 Å². The van der Waals surface area contributed by atoms with Crippen LogP contribution in [-0.2, 0) is 25.5 Å². The Bertz CT molecular complexity index is 1120. The molecule has 3 atom stereocenters. The van der Waals surface area contributed by atoms with Crippen molar-refractivity contribution in [1.29, 1.82) is 0 Å². The third-order valence-electron chi connectivity index (χ3n) is 6.56. The smallest absolute Gasteiger partial charge is 0.310 e. The number of amides is 2. The molecule has 2 aliphatic rings. The van der Waals surface area contributed by atoms with Crippen LogP contribution in [0.1, 0.15) is 38.2 Å². The van der Waals surface area contributed by atoms with Crippen molar-refractivity contribution >= 4 is 34.8 Å². The van der Waals surface area contributed by atoms with Gasteiger partial charge in [0.05, 0.1) is 16.8 Å². The van der Waals surface area contributed by atoms with Gasteiger partial charge in [0, 0.05) is 18.3 Å². The number of nitrogens with zero attached hydrogens (tertiary/aromatic N) is 2. The Hall–Kier alpha value is -3.75. The fourth-order valence-corrected chi connectivity index (χ4v) is 4.76. The Morgan fingerprint density at radius 1 is 1.06 bits per heavy atom. The molecule has 1 heterocycles. The lowest BCUT2D eigenvalue weighted by atomic mass is 9.78.